The molecule has 2 aromatic heterocycles. The van der Waals surface area contributed by atoms with Gasteiger partial charge in [0.15, 0.2) is 11.5 Å². The van der Waals surface area contributed by atoms with E-state index in [9.17, 15) is 9.18 Å². The van der Waals surface area contributed by atoms with Gasteiger partial charge < -0.3 is 4.74 Å². The molecular weight excluding hydrogens is 291 g/mol. The first-order chi connectivity index (χ1) is 8.08. The number of fused-ring (bicyclic) bond motifs is 1. The third-order valence-corrected chi connectivity index (χ3v) is 2.85. The van der Waals surface area contributed by atoms with Gasteiger partial charge >= 0.3 is 5.56 Å². The van der Waals surface area contributed by atoms with Crippen molar-refractivity contribution in [3.8, 4) is 5.75 Å². The van der Waals surface area contributed by atoms with Crippen molar-refractivity contribution in [2.45, 2.75) is 13.3 Å². The summed E-state index contributed by atoms with van der Waals surface area (Å²) in [6, 6.07) is 1.27. The molecule has 0 amide bonds. The van der Waals surface area contributed by atoms with E-state index < -0.39 is 11.4 Å². The summed E-state index contributed by atoms with van der Waals surface area (Å²) < 4.78 is 20.3. The van der Waals surface area contributed by atoms with Crippen LogP contribution in [-0.4, -0.2) is 16.5 Å². The van der Waals surface area contributed by atoms with Crippen LogP contribution in [0.4, 0.5) is 4.39 Å². The van der Waals surface area contributed by atoms with Gasteiger partial charge in [-0.25, -0.2) is 9.37 Å². The summed E-state index contributed by atoms with van der Waals surface area (Å²) in [5.41, 5.74) is 0.0594. The molecule has 2 rings (SSSR count). The Morgan fingerprint density at radius 2 is 2.29 bits per heavy atom. The quantitative estimate of drug-likeness (QED) is 0.854. The van der Waals surface area contributed by atoms with Crippen LogP contribution in [-0.2, 0) is 6.42 Å². The average molecular weight is 301 g/mol. The summed E-state index contributed by atoms with van der Waals surface area (Å²) in [5.74, 6) is -0.392. The largest absolute Gasteiger partial charge is 0.490 e. The Morgan fingerprint density at radius 1 is 1.59 bits per heavy atom. The molecule has 0 spiro atoms. The zero-order chi connectivity index (χ0) is 12.6. The number of hydrogen-bond acceptors (Lipinski definition) is 3. The highest BCUT2D eigenvalue weighted by molar-refractivity contribution is 9.10. The molecule has 6 heteroatoms. The molecule has 17 heavy (non-hydrogen) atoms. The lowest BCUT2D eigenvalue weighted by Crippen LogP contribution is -2.20. The Bertz CT molecular complexity index is 639. The zero-order valence-electron chi connectivity index (χ0n) is 9.33. The van der Waals surface area contributed by atoms with Gasteiger partial charge in [0.2, 0.25) is 5.75 Å². The molecule has 2 aromatic rings. The minimum Gasteiger partial charge on any atom is -0.490 e. The molecule has 90 valence electrons. The van der Waals surface area contributed by atoms with E-state index in [1.807, 2.05) is 6.92 Å². The van der Waals surface area contributed by atoms with Crippen molar-refractivity contribution in [3.05, 3.63) is 38.6 Å². The van der Waals surface area contributed by atoms with Crippen LogP contribution >= 0.6 is 15.9 Å². The minimum absolute atomic E-state index is 0.0100. The second-order valence-corrected chi connectivity index (χ2v) is 4.37. The van der Waals surface area contributed by atoms with Crippen molar-refractivity contribution in [3.63, 3.8) is 0 Å². The lowest BCUT2D eigenvalue weighted by Gasteiger charge is -2.09. The molecule has 0 unspecified atom stereocenters. The first-order valence-corrected chi connectivity index (χ1v) is 5.82. The molecular formula is C11H10BrFN2O2. The van der Waals surface area contributed by atoms with Gasteiger partial charge in [-0.15, -0.1) is 0 Å². The predicted octanol–water partition coefficient (Wildman–Crippen LogP) is 2.17. The Kier molecular flexibility index (Phi) is 3.15. The van der Waals surface area contributed by atoms with Crippen LogP contribution in [0.1, 0.15) is 12.6 Å². The van der Waals surface area contributed by atoms with Gasteiger partial charge in [-0.05, 0) is 28.4 Å². The lowest BCUT2D eigenvalue weighted by atomic mass is 10.3. The van der Waals surface area contributed by atoms with Crippen LogP contribution in [0.3, 0.4) is 0 Å². The highest BCUT2D eigenvalue weighted by Crippen LogP contribution is 2.18. The van der Waals surface area contributed by atoms with Crippen molar-refractivity contribution >= 4 is 21.6 Å². The molecule has 0 N–H and O–H groups in total. The monoisotopic (exact) mass is 300 g/mol. The summed E-state index contributed by atoms with van der Waals surface area (Å²) in [6.07, 6.45) is 1.97. The standard InChI is InChI=1S/C11H10BrFN2O2/c1-3-8-9(17-2)11(16)15-5-6(12)4-7(13)10(15)14-8/h4-5H,3H2,1-2H3. The molecule has 2 heterocycles. The van der Waals surface area contributed by atoms with Gasteiger partial charge in [0.05, 0.1) is 12.8 Å². The van der Waals surface area contributed by atoms with Gasteiger partial charge in [0, 0.05) is 10.7 Å². The number of aromatic nitrogens is 2. The summed E-state index contributed by atoms with van der Waals surface area (Å²) in [5, 5.41) is 0. The molecule has 4 nitrogen and oxygen atoms in total. The minimum atomic E-state index is -0.547. The third-order valence-electron chi connectivity index (χ3n) is 2.41. The number of hydrogen-bond donors (Lipinski definition) is 0. The van der Waals surface area contributed by atoms with Gasteiger partial charge in [-0.1, -0.05) is 6.92 Å². The Hall–Kier alpha value is -1.43. The third kappa shape index (κ3) is 1.93. The van der Waals surface area contributed by atoms with Gasteiger partial charge in [0.25, 0.3) is 0 Å². The van der Waals surface area contributed by atoms with E-state index in [0.717, 1.165) is 4.40 Å². The number of pyridine rings is 1. The van der Waals surface area contributed by atoms with Crippen LogP contribution < -0.4 is 10.3 Å². The van der Waals surface area contributed by atoms with Crippen molar-refractivity contribution < 1.29 is 9.13 Å². The molecule has 0 bridgehead atoms. The molecule has 0 aliphatic rings. The van der Waals surface area contributed by atoms with E-state index in [2.05, 4.69) is 20.9 Å². The van der Waals surface area contributed by atoms with E-state index in [-0.39, 0.29) is 11.4 Å². The van der Waals surface area contributed by atoms with E-state index in [0.29, 0.717) is 16.6 Å². The molecule has 0 saturated heterocycles. The van der Waals surface area contributed by atoms with E-state index >= 15 is 0 Å². The van der Waals surface area contributed by atoms with E-state index in [4.69, 9.17) is 4.74 Å². The fraction of sp³-hybridized carbons (Fsp3) is 0.273. The summed E-state index contributed by atoms with van der Waals surface area (Å²) in [7, 11) is 1.40. The normalized spacial score (nSPS) is 10.8. The zero-order valence-corrected chi connectivity index (χ0v) is 10.9. The van der Waals surface area contributed by atoms with Gasteiger partial charge in [0.1, 0.15) is 0 Å². The Morgan fingerprint density at radius 3 is 2.88 bits per heavy atom. The molecule has 0 saturated carbocycles. The summed E-state index contributed by atoms with van der Waals surface area (Å²) in [6.45, 7) is 1.83. The molecule has 0 aliphatic heterocycles. The van der Waals surface area contributed by atoms with Crippen LogP contribution in [0.5, 0.6) is 5.75 Å². The van der Waals surface area contributed by atoms with Crippen molar-refractivity contribution in [2.24, 2.45) is 0 Å². The van der Waals surface area contributed by atoms with Crippen LogP contribution in [0, 0.1) is 5.82 Å². The topological polar surface area (TPSA) is 43.6 Å². The van der Waals surface area contributed by atoms with Gasteiger partial charge in [-0.3, -0.25) is 9.20 Å². The van der Waals surface area contributed by atoms with Crippen LogP contribution in [0.25, 0.3) is 5.65 Å². The van der Waals surface area contributed by atoms with E-state index in [1.54, 1.807) is 0 Å². The highest BCUT2D eigenvalue weighted by atomic mass is 79.9. The van der Waals surface area contributed by atoms with Crippen molar-refractivity contribution in [1.82, 2.24) is 9.38 Å². The number of methoxy groups -OCH3 is 1. The number of rotatable bonds is 2. The maximum Gasteiger partial charge on any atom is 0.300 e. The van der Waals surface area contributed by atoms with E-state index in [1.165, 1.54) is 19.4 Å². The first kappa shape index (κ1) is 12.0. The second kappa shape index (κ2) is 4.44. The smallest absolute Gasteiger partial charge is 0.300 e. The number of aryl methyl sites for hydroxylation is 1. The number of halogens is 2. The molecule has 0 atom stereocenters. The predicted molar refractivity (Wildman–Crippen MR) is 65.1 cm³/mol. The Labute approximate surface area is 105 Å². The lowest BCUT2D eigenvalue weighted by molar-refractivity contribution is 0.399. The van der Waals surface area contributed by atoms with Crippen molar-refractivity contribution in [2.75, 3.05) is 7.11 Å². The SMILES string of the molecule is CCc1nc2c(F)cc(Br)cn2c(=O)c1OC. The molecule has 0 aromatic carbocycles. The highest BCUT2D eigenvalue weighted by Gasteiger charge is 2.14. The number of nitrogens with zero attached hydrogens (tertiary/aromatic N) is 2. The first-order valence-electron chi connectivity index (χ1n) is 5.02. The van der Waals surface area contributed by atoms with Crippen LogP contribution in [0.15, 0.2) is 21.5 Å². The maximum atomic E-state index is 13.7. The Balaban J connectivity index is 2.96. The molecule has 0 aliphatic carbocycles. The molecule has 0 fully saturated rings. The summed E-state index contributed by atoms with van der Waals surface area (Å²) in [4.78, 5) is 16.2. The fourth-order valence-corrected chi connectivity index (χ4v) is 2.05. The van der Waals surface area contributed by atoms with Gasteiger partial charge in [-0.2, -0.15) is 0 Å². The van der Waals surface area contributed by atoms with Crippen molar-refractivity contribution in [1.29, 1.82) is 0 Å². The van der Waals surface area contributed by atoms with Crippen LogP contribution in [0.2, 0.25) is 0 Å². The second-order valence-electron chi connectivity index (χ2n) is 3.45. The fourth-order valence-electron chi connectivity index (χ4n) is 1.64. The number of ether oxygens (including phenoxy) is 1. The molecule has 0 radical (unpaired) electrons. The maximum absolute atomic E-state index is 13.7. The summed E-state index contributed by atoms with van der Waals surface area (Å²) >= 11 is 3.13. The average Bonchev–Trinajstić information content (AvgIpc) is 2.30.